The van der Waals surface area contributed by atoms with Crippen molar-refractivity contribution in [1.29, 1.82) is 0 Å². The molecule has 0 aliphatic heterocycles. The fourth-order valence-corrected chi connectivity index (χ4v) is 3.78. The molecule has 3 aromatic heterocycles. The monoisotopic (exact) mass is 368 g/mol. The lowest BCUT2D eigenvalue weighted by atomic mass is 10.2. The Morgan fingerprint density at radius 3 is 2.76 bits per heavy atom. The molecule has 0 aliphatic carbocycles. The van der Waals surface area contributed by atoms with Crippen LogP contribution in [0.2, 0.25) is 0 Å². The molecule has 8 heteroatoms. The van der Waals surface area contributed by atoms with Crippen molar-refractivity contribution in [2.24, 2.45) is 0 Å². The van der Waals surface area contributed by atoms with Crippen molar-refractivity contribution in [3.8, 4) is 21.3 Å². The van der Waals surface area contributed by atoms with Gasteiger partial charge in [0.25, 0.3) is 11.8 Å². The first-order valence-corrected chi connectivity index (χ1v) is 9.21. The van der Waals surface area contributed by atoms with Gasteiger partial charge in [0.05, 0.1) is 11.4 Å². The Morgan fingerprint density at radius 1 is 1.08 bits per heavy atom. The van der Waals surface area contributed by atoms with Gasteiger partial charge in [-0.1, -0.05) is 29.4 Å². The largest absolute Gasteiger partial charge is 0.343 e. The molecule has 0 spiro atoms. The summed E-state index contributed by atoms with van der Waals surface area (Å²) in [4.78, 5) is 21.9. The Hall–Kier alpha value is -2.84. The van der Waals surface area contributed by atoms with Crippen molar-refractivity contribution in [2.75, 3.05) is 0 Å². The minimum Gasteiger partial charge on any atom is -0.343 e. The maximum atomic E-state index is 12.2. The van der Waals surface area contributed by atoms with E-state index in [1.54, 1.807) is 16.7 Å². The van der Waals surface area contributed by atoms with E-state index in [1.807, 2.05) is 47.8 Å². The maximum Gasteiger partial charge on any atom is 0.271 e. The van der Waals surface area contributed by atoms with Gasteiger partial charge in [0.1, 0.15) is 10.7 Å². The highest BCUT2D eigenvalue weighted by Crippen LogP contribution is 2.27. The number of carbonyl (C=O) groups excluding carboxylic acids is 1. The fourth-order valence-electron chi connectivity index (χ4n) is 2.17. The molecule has 0 bridgehead atoms. The Bertz CT molecular complexity index is 977. The number of rotatable bonds is 5. The number of carbonyl (C=O) groups is 1. The summed E-state index contributed by atoms with van der Waals surface area (Å²) in [5, 5.41) is 11.2. The van der Waals surface area contributed by atoms with Crippen LogP contribution in [-0.2, 0) is 6.54 Å². The fraction of sp³-hybridized carbons (Fsp3) is 0.0588. The Kier molecular flexibility index (Phi) is 4.36. The zero-order chi connectivity index (χ0) is 17.1. The number of hydrogen-bond donors (Lipinski definition) is 1. The second kappa shape index (κ2) is 6.96. The molecule has 6 nitrogen and oxygen atoms in total. The van der Waals surface area contributed by atoms with E-state index in [0.29, 0.717) is 17.4 Å². The lowest BCUT2D eigenvalue weighted by Crippen LogP contribution is -2.23. The van der Waals surface area contributed by atoms with E-state index >= 15 is 0 Å². The van der Waals surface area contributed by atoms with Crippen molar-refractivity contribution >= 4 is 28.6 Å². The topological polar surface area (TPSA) is 80.9 Å². The smallest absolute Gasteiger partial charge is 0.271 e. The third-order valence-corrected chi connectivity index (χ3v) is 5.25. The quantitative estimate of drug-likeness (QED) is 0.579. The molecule has 0 radical (unpaired) electrons. The Morgan fingerprint density at radius 2 is 1.96 bits per heavy atom. The first kappa shape index (κ1) is 15.7. The van der Waals surface area contributed by atoms with Crippen LogP contribution in [0.25, 0.3) is 21.3 Å². The zero-order valence-corrected chi connectivity index (χ0v) is 14.5. The van der Waals surface area contributed by atoms with Crippen LogP contribution in [0.5, 0.6) is 0 Å². The molecule has 3 heterocycles. The lowest BCUT2D eigenvalue weighted by Gasteiger charge is -1.98. The highest BCUT2D eigenvalue weighted by Gasteiger charge is 2.14. The second-order valence-electron chi connectivity index (χ2n) is 5.08. The molecule has 0 saturated heterocycles. The molecule has 0 fully saturated rings. The van der Waals surface area contributed by atoms with Gasteiger partial charge in [0, 0.05) is 10.9 Å². The Balaban J connectivity index is 1.40. The molecule has 0 unspecified atom stereocenters. The summed E-state index contributed by atoms with van der Waals surface area (Å²) in [5.41, 5.74) is 1.23. The summed E-state index contributed by atoms with van der Waals surface area (Å²) in [7, 11) is 0. The van der Waals surface area contributed by atoms with E-state index in [2.05, 4.69) is 20.4 Å². The van der Waals surface area contributed by atoms with Crippen LogP contribution < -0.4 is 5.32 Å². The van der Waals surface area contributed by atoms with E-state index in [1.165, 1.54) is 11.3 Å². The van der Waals surface area contributed by atoms with E-state index < -0.39 is 0 Å². The molecule has 124 valence electrons. The van der Waals surface area contributed by atoms with Crippen molar-refractivity contribution in [1.82, 2.24) is 20.4 Å². The highest BCUT2D eigenvalue weighted by molar-refractivity contribution is 7.20. The first-order chi connectivity index (χ1) is 12.3. The van der Waals surface area contributed by atoms with Gasteiger partial charge < -0.3 is 9.84 Å². The maximum absolute atomic E-state index is 12.2. The van der Waals surface area contributed by atoms with Gasteiger partial charge in [0.15, 0.2) is 5.82 Å². The van der Waals surface area contributed by atoms with Crippen LogP contribution >= 0.6 is 22.7 Å². The van der Waals surface area contributed by atoms with Crippen molar-refractivity contribution in [3.63, 3.8) is 0 Å². The molecule has 4 rings (SSSR count). The van der Waals surface area contributed by atoms with Gasteiger partial charge in [-0.25, -0.2) is 4.98 Å². The molecule has 0 aliphatic rings. The molecule has 1 N–H and O–H groups in total. The lowest BCUT2D eigenvalue weighted by molar-refractivity contribution is 0.0945. The second-order valence-corrected chi connectivity index (χ2v) is 6.89. The predicted molar refractivity (Wildman–Crippen MR) is 96.3 cm³/mol. The molecular formula is C17H12N4O2S2. The van der Waals surface area contributed by atoms with Crippen molar-refractivity contribution in [2.45, 2.75) is 6.54 Å². The number of aromatic nitrogens is 3. The van der Waals surface area contributed by atoms with Crippen molar-refractivity contribution in [3.05, 3.63) is 64.7 Å². The summed E-state index contributed by atoms with van der Waals surface area (Å²) in [6.07, 6.45) is 0. The van der Waals surface area contributed by atoms with E-state index in [4.69, 9.17) is 4.52 Å². The molecule has 1 aromatic carbocycles. The van der Waals surface area contributed by atoms with Crippen LogP contribution in [0, 0.1) is 0 Å². The molecule has 4 aromatic rings. The highest BCUT2D eigenvalue weighted by atomic mass is 32.1. The zero-order valence-electron chi connectivity index (χ0n) is 12.9. The summed E-state index contributed by atoms with van der Waals surface area (Å²) < 4.78 is 5.22. The van der Waals surface area contributed by atoms with E-state index in [-0.39, 0.29) is 12.5 Å². The number of amides is 1. The average molecular weight is 368 g/mol. The van der Waals surface area contributed by atoms with Crippen LogP contribution in [0.15, 0.2) is 57.7 Å². The predicted octanol–water partition coefficient (Wildman–Crippen LogP) is 3.85. The summed E-state index contributed by atoms with van der Waals surface area (Å²) in [6, 6.07) is 13.4. The summed E-state index contributed by atoms with van der Waals surface area (Å²) in [5.74, 6) is 0.588. The standard InChI is InChI=1S/C17H12N4O2S2/c22-15(12-10-25-17(19-12)13-7-4-8-24-13)18-9-14-20-16(23-21-14)11-5-2-1-3-6-11/h1-8,10H,9H2,(H,18,22). The molecule has 1 amide bonds. The van der Waals surface area contributed by atoms with Gasteiger partial charge in [-0.3, -0.25) is 4.79 Å². The summed E-state index contributed by atoms with van der Waals surface area (Å²) >= 11 is 3.04. The van der Waals surface area contributed by atoms with E-state index in [0.717, 1.165) is 15.4 Å². The minimum absolute atomic E-state index is 0.182. The molecule has 0 atom stereocenters. The van der Waals surface area contributed by atoms with Crippen LogP contribution in [0.4, 0.5) is 0 Å². The number of benzene rings is 1. The number of nitrogens with zero attached hydrogens (tertiary/aromatic N) is 3. The van der Waals surface area contributed by atoms with Gasteiger partial charge in [0.2, 0.25) is 0 Å². The molecule has 0 saturated carbocycles. The minimum atomic E-state index is -0.259. The van der Waals surface area contributed by atoms with Gasteiger partial charge >= 0.3 is 0 Å². The van der Waals surface area contributed by atoms with Crippen LogP contribution in [0.3, 0.4) is 0 Å². The third-order valence-electron chi connectivity index (χ3n) is 3.36. The van der Waals surface area contributed by atoms with E-state index in [9.17, 15) is 4.79 Å². The number of thiophene rings is 1. The molecule has 25 heavy (non-hydrogen) atoms. The van der Waals surface area contributed by atoms with Gasteiger partial charge in [-0.15, -0.1) is 22.7 Å². The SMILES string of the molecule is O=C(NCc1noc(-c2ccccc2)n1)c1csc(-c2cccs2)n1. The third kappa shape index (κ3) is 3.49. The van der Waals surface area contributed by atoms with Crippen molar-refractivity contribution < 1.29 is 9.32 Å². The Labute approximate surface area is 151 Å². The number of hydrogen-bond acceptors (Lipinski definition) is 7. The van der Waals surface area contributed by atoms with Gasteiger partial charge in [-0.05, 0) is 23.6 Å². The summed E-state index contributed by atoms with van der Waals surface area (Å²) in [6.45, 7) is 0.182. The molecular weight excluding hydrogens is 356 g/mol. The number of nitrogens with one attached hydrogen (secondary N) is 1. The normalized spacial score (nSPS) is 10.7. The first-order valence-electron chi connectivity index (χ1n) is 7.45. The van der Waals surface area contributed by atoms with Gasteiger partial charge in [-0.2, -0.15) is 4.98 Å². The van der Waals surface area contributed by atoms with Crippen LogP contribution in [0.1, 0.15) is 16.3 Å². The number of thiazole rings is 1. The van der Waals surface area contributed by atoms with Crippen LogP contribution in [-0.4, -0.2) is 21.0 Å². The average Bonchev–Trinajstić information content (AvgIpc) is 3.41.